The van der Waals surface area contributed by atoms with E-state index in [1.165, 1.54) is 6.07 Å². The van der Waals surface area contributed by atoms with Gasteiger partial charge in [0.25, 0.3) is 0 Å². The van der Waals surface area contributed by atoms with Crippen LogP contribution in [0, 0.1) is 0 Å². The van der Waals surface area contributed by atoms with Crippen molar-refractivity contribution in [2.24, 2.45) is 0 Å². The second-order valence-corrected chi connectivity index (χ2v) is 3.75. The standard InChI is InChI=1S/C13H8O3/c14-11-7-10(13(11)15)8-5-6-16-12-4-2-1-3-9(8)12/h1-8H. The number of fused-ring (bicyclic) bond motifs is 1. The monoisotopic (exact) mass is 212 g/mol. The van der Waals surface area contributed by atoms with Crippen LogP contribution in [-0.2, 0) is 0 Å². The summed E-state index contributed by atoms with van der Waals surface area (Å²) in [6.45, 7) is 0. The Balaban J connectivity index is 2.14. The lowest BCUT2D eigenvalue weighted by molar-refractivity contribution is 0.458. The summed E-state index contributed by atoms with van der Waals surface area (Å²) in [4.78, 5) is 22.3. The zero-order valence-corrected chi connectivity index (χ0v) is 8.34. The summed E-state index contributed by atoms with van der Waals surface area (Å²) in [6, 6.07) is 8.91. The van der Waals surface area contributed by atoms with Crippen LogP contribution >= 0.6 is 0 Å². The van der Waals surface area contributed by atoms with Crippen molar-refractivity contribution < 1.29 is 4.74 Å². The van der Waals surface area contributed by atoms with E-state index in [0.29, 0.717) is 5.56 Å². The molecule has 0 spiro atoms. The molecule has 0 amide bonds. The molecule has 0 N–H and O–H groups in total. The van der Waals surface area contributed by atoms with Crippen LogP contribution in [-0.4, -0.2) is 0 Å². The second kappa shape index (κ2) is 3.17. The highest BCUT2D eigenvalue weighted by Gasteiger charge is 2.24. The third kappa shape index (κ3) is 1.15. The highest BCUT2D eigenvalue weighted by Crippen LogP contribution is 2.34. The SMILES string of the molecule is O=c1cc(C2C=COc3ccccc32)c1=O. The maximum Gasteiger partial charge on any atom is 0.229 e. The molecule has 2 aromatic carbocycles. The van der Waals surface area contributed by atoms with Gasteiger partial charge in [0.1, 0.15) is 5.75 Å². The van der Waals surface area contributed by atoms with Gasteiger partial charge in [-0.3, -0.25) is 9.59 Å². The van der Waals surface area contributed by atoms with E-state index in [9.17, 15) is 9.59 Å². The van der Waals surface area contributed by atoms with Gasteiger partial charge in [0.05, 0.1) is 6.26 Å². The van der Waals surface area contributed by atoms with Crippen molar-refractivity contribution >= 4 is 0 Å². The van der Waals surface area contributed by atoms with Crippen molar-refractivity contribution in [1.82, 2.24) is 0 Å². The maximum absolute atomic E-state index is 11.4. The van der Waals surface area contributed by atoms with Gasteiger partial charge in [0, 0.05) is 17.0 Å². The second-order valence-electron chi connectivity index (χ2n) is 3.75. The van der Waals surface area contributed by atoms with Crippen LogP contribution < -0.4 is 15.6 Å². The minimum absolute atomic E-state index is 0.143. The van der Waals surface area contributed by atoms with E-state index in [0.717, 1.165) is 11.3 Å². The van der Waals surface area contributed by atoms with Crippen molar-refractivity contribution in [3.05, 3.63) is 74.2 Å². The number of rotatable bonds is 1. The molecule has 1 heterocycles. The summed E-state index contributed by atoms with van der Waals surface area (Å²) < 4.78 is 5.33. The fourth-order valence-corrected chi connectivity index (χ4v) is 1.98. The first kappa shape index (κ1) is 9.09. The van der Waals surface area contributed by atoms with Crippen LogP contribution in [0.1, 0.15) is 17.0 Å². The molecule has 1 atom stereocenters. The first-order valence-electron chi connectivity index (χ1n) is 5.00. The molecule has 3 rings (SSSR count). The molecule has 3 heteroatoms. The Morgan fingerprint density at radius 2 is 1.88 bits per heavy atom. The molecule has 78 valence electrons. The average Bonchev–Trinajstić information content (AvgIpc) is 2.35. The van der Waals surface area contributed by atoms with Gasteiger partial charge >= 0.3 is 0 Å². The van der Waals surface area contributed by atoms with Crippen molar-refractivity contribution in [2.75, 3.05) is 0 Å². The lowest BCUT2D eigenvalue weighted by Crippen LogP contribution is -2.35. The van der Waals surface area contributed by atoms with Crippen LogP contribution in [0.15, 0.2) is 52.3 Å². The number of benzene rings is 1. The zero-order chi connectivity index (χ0) is 11.1. The highest BCUT2D eigenvalue weighted by molar-refractivity contribution is 5.48. The molecule has 1 unspecified atom stereocenters. The largest absolute Gasteiger partial charge is 0.465 e. The van der Waals surface area contributed by atoms with Gasteiger partial charge in [-0.25, -0.2) is 0 Å². The van der Waals surface area contributed by atoms with Gasteiger partial charge in [-0.15, -0.1) is 0 Å². The van der Waals surface area contributed by atoms with E-state index < -0.39 is 5.43 Å². The number of para-hydroxylation sites is 1. The third-order valence-corrected chi connectivity index (χ3v) is 2.83. The Bertz CT molecular complexity index is 645. The van der Waals surface area contributed by atoms with Crippen LogP contribution in [0.5, 0.6) is 5.75 Å². The topological polar surface area (TPSA) is 43.4 Å². The lowest BCUT2D eigenvalue weighted by atomic mass is 9.87. The fraction of sp³-hybridized carbons (Fsp3) is 0.0769. The first-order valence-corrected chi connectivity index (χ1v) is 5.00. The van der Waals surface area contributed by atoms with Crippen LogP contribution in [0.3, 0.4) is 0 Å². The van der Waals surface area contributed by atoms with E-state index in [4.69, 9.17) is 4.74 Å². The van der Waals surface area contributed by atoms with E-state index >= 15 is 0 Å². The van der Waals surface area contributed by atoms with E-state index in [-0.39, 0.29) is 11.3 Å². The molecular weight excluding hydrogens is 204 g/mol. The van der Waals surface area contributed by atoms with Crippen LogP contribution in [0.2, 0.25) is 0 Å². The molecule has 1 aliphatic heterocycles. The molecule has 0 radical (unpaired) electrons. The Labute approximate surface area is 91.3 Å². The normalized spacial score (nSPS) is 18.1. The van der Waals surface area contributed by atoms with Gasteiger partial charge in [0.2, 0.25) is 10.9 Å². The van der Waals surface area contributed by atoms with Crippen molar-refractivity contribution in [2.45, 2.75) is 5.92 Å². The highest BCUT2D eigenvalue weighted by atomic mass is 16.5. The molecule has 0 aromatic heterocycles. The predicted molar refractivity (Wildman–Crippen MR) is 59.4 cm³/mol. The Morgan fingerprint density at radius 1 is 1.06 bits per heavy atom. The molecule has 0 fully saturated rings. The summed E-state index contributed by atoms with van der Waals surface area (Å²) in [7, 11) is 0. The van der Waals surface area contributed by atoms with Crippen molar-refractivity contribution in [3.8, 4) is 5.75 Å². The summed E-state index contributed by atoms with van der Waals surface area (Å²) in [5, 5.41) is 0. The number of hydrogen-bond acceptors (Lipinski definition) is 3. The number of hydrogen-bond donors (Lipinski definition) is 0. The van der Waals surface area contributed by atoms with Gasteiger partial charge < -0.3 is 4.74 Å². The van der Waals surface area contributed by atoms with E-state index in [2.05, 4.69) is 0 Å². The Morgan fingerprint density at radius 3 is 2.62 bits per heavy atom. The molecule has 3 nitrogen and oxygen atoms in total. The Hall–Kier alpha value is -2.16. The van der Waals surface area contributed by atoms with Gasteiger partial charge in [-0.2, -0.15) is 0 Å². The lowest BCUT2D eigenvalue weighted by Gasteiger charge is -2.20. The summed E-state index contributed by atoms with van der Waals surface area (Å²) in [6.07, 6.45) is 3.35. The maximum atomic E-state index is 11.4. The van der Waals surface area contributed by atoms with Crippen molar-refractivity contribution in [3.63, 3.8) is 0 Å². The summed E-state index contributed by atoms with van der Waals surface area (Å²) >= 11 is 0. The smallest absolute Gasteiger partial charge is 0.229 e. The number of allylic oxidation sites excluding steroid dienone is 1. The van der Waals surface area contributed by atoms with Gasteiger partial charge in [-0.05, 0) is 18.2 Å². The van der Waals surface area contributed by atoms with E-state index in [1.54, 1.807) is 12.3 Å². The Kier molecular flexibility index (Phi) is 1.80. The molecule has 1 aliphatic rings. The molecular formula is C13H8O3. The van der Waals surface area contributed by atoms with Crippen LogP contribution in [0.4, 0.5) is 0 Å². The molecule has 0 saturated carbocycles. The summed E-state index contributed by atoms with van der Waals surface area (Å²) in [5.41, 5.74) is 0.688. The molecule has 2 aromatic rings. The quantitative estimate of drug-likeness (QED) is 0.669. The minimum atomic E-state index is -0.410. The number of ether oxygens (including phenoxy) is 1. The van der Waals surface area contributed by atoms with E-state index in [1.807, 2.05) is 24.3 Å². The third-order valence-electron chi connectivity index (χ3n) is 2.83. The fourth-order valence-electron chi connectivity index (χ4n) is 1.98. The van der Waals surface area contributed by atoms with Crippen LogP contribution in [0.25, 0.3) is 0 Å². The van der Waals surface area contributed by atoms with Gasteiger partial charge in [0.15, 0.2) is 0 Å². The first-order chi connectivity index (χ1) is 7.77. The van der Waals surface area contributed by atoms with Gasteiger partial charge in [-0.1, -0.05) is 18.2 Å². The zero-order valence-electron chi connectivity index (χ0n) is 8.34. The van der Waals surface area contributed by atoms with Crippen molar-refractivity contribution in [1.29, 1.82) is 0 Å². The average molecular weight is 212 g/mol. The molecule has 0 saturated heterocycles. The molecule has 0 aliphatic carbocycles. The minimum Gasteiger partial charge on any atom is -0.465 e. The molecule has 16 heavy (non-hydrogen) atoms. The molecule has 0 bridgehead atoms. The summed E-state index contributed by atoms with van der Waals surface area (Å²) in [5.74, 6) is 0.596. The predicted octanol–water partition coefficient (Wildman–Crippen LogP) is 1.32.